The van der Waals surface area contributed by atoms with Crippen LogP contribution in [0.5, 0.6) is 6.01 Å². The molecule has 2 aromatic heterocycles. The van der Waals surface area contributed by atoms with E-state index in [1.165, 1.54) is 23.4 Å². The van der Waals surface area contributed by atoms with Crippen LogP contribution in [0.1, 0.15) is 23.2 Å². The van der Waals surface area contributed by atoms with Crippen molar-refractivity contribution in [2.75, 3.05) is 13.1 Å². The Hall–Kier alpha value is -3.07. The van der Waals surface area contributed by atoms with E-state index < -0.39 is 0 Å². The van der Waals surface area contributed by atoms with Crippen molar-refractivity contribution in [3.63, 3.8) is 0 Å². The molecule has 9 nitrogen and oxygen atoms in total. The van der Waals surface area contributed by atoms with Gasteiger partial charge >= 0.3 is 6.01 Å². The zero-order valence-electron chi connectivity index (χ0n) is 14.3. The van der Waals surface area contributed by atoms with Crippen molar-refractivity contribution in [1.29, 1.82) is 0 Å². The number of ether oxygens (including phenoxy) is 1. The molecule has 3 aromatic rings. The number of amides is 1. The fourth-order valence-corrected chi connectivity index (χ4v) is 3.07. The summed E-state index contributed by atoms with van der Waals surface area (Å²) in [6, 6.07) is 7.46. The standard InChI is InChI=1S/C17H16ClN7O2/c18-13-8-19-17(20-9-13)27-15-5-2-6-24(10-15)16(26)12-3-1-4-14(7-12)25-11-21-22-23-25/h1,3-4,7-9,11,15H,2,5-6,10H2/t15-/m1/s1. The zero-order chi connectivity index (χ0) is 18.6. The van der Waals surface area contributed by atoms with Crippen LogP contribution in [0.25, 0.3) is 5.69 Å². The summed E-state index contributed by atoms with van der Waals surface area (Å²) in [4.78, 5) is 22.8. The van der Waals surface area contributed by atoms with E-state index in [-0.39, 0.29) is 18.0 Å². The van der Waals surface area contributed by atoms with Crippen LogP contribution in [0.3, 0.4) is 0 Å². The molecule has 1 aliphatic heterocycles. The maximum absolute atomic E-state index is 12.9. The number of nitrogens with zero attached hydrogens (tertiary/aromatic N) is 7. The van der Waals surface area contributed by atoms with E-state index in [9.17, 15) is 4.79 Å². The Morgan fingerprint density at radius 2 is 2.11 bits per heavy atom. The summed E-state index contributed by atoms with van der Waals surface area (Å²) >= 11 is 5.79. The molecule has 0 radical (unpaired) electrons. The van der Waals surface area contributed by atoms with Crippen LogP contribution in [0.2, 0.25) is 5.02 Å². The number of rotatable bonds is 4. The lowest BCUT2D eigenvalue weighted by Crippen LogP contribution is -2.44. The van der Waals surface area contributed by atoms with Crippen LogP contribution in [0.15, 0.2) is 43.0 Å². The van der Waals surface area contributed by atoms with Gasteiger partial charge in [0.25, 0.3) is 5.91 Å². The Kier molecular flexibility index (Phi) is 4.93. The van der Waals surface area contributed by atoms with Crippen LogP contribution in [-0.2, 0) is 0 Å². The summed E-state index contributed by atoms with van der Waals surface area (Å²) in [5.74, 6) is -0.0600. The number of hydrogen-bond donors (Lipinski definition) is 0. The highest BCUT2D eigenvalue weighted by Crippen LogP contribution is 2.19. The molecular weight excluding hydrogens is 370 g/mol. The molecule has 1 aliphatic rings. The second kappa shape index (κ2) is 7.67. The van der Waals surface area contributed by atoms with Crippen molar-refractivity contribution in [2.45, 2.75) is 18.9 Å². The summed E-state index contributed by atoms with van der Waals surface area (Å²) in [6.07, 6.45) is 5.98. The number of likely N-dealkylation sites (tertiary alicyclic amines) is 1. The monoisotopic (exact) mass is 385 g/mol. The van der Waals surface area contributed by atoms with Gasteiger partial charge in [-0.1, -0.05) is 17.7 Å². The molecule has 0 unspecified atom stereocenters. The van der Waals surface area contributed by atoms with E-state index >= 15 is 0 Å². The Morgan fingerprint density at radius 3 is 2.89 bits per heavy atom. The first-order chi connectivity index (χ1) is 13.2. The molecule has 27 heavy (non-hydrogen) atoms. The molecule has 1 fully saturated rings. The Labute approximate surface area is 159 Å². The van der Waals surface area contributed by atoms with Crippen molar-refractivity contribution in [3.05, 3.63) is 53.6 Å². The van der Waals surface area contributed by atoms with Crippen LogP contribution < -0.4 is 4.74 Å². The number of halogens is 1. The smallest absolute Gasteiger partial charge is 0.316 e. The van der Waals surface area contributed by atoms with Gasteiger partial charge in [0, 0.05) is 12.1 Å². The second-order valence-corrected chi connectivity index (χ2v) is 6.56. The molecular formula is C17H16ClN7O2. The lowest BCUT2D eigenvalue weighted by atomic mass is 10.1. The Morgan fingerprint density at radius 1 is 1.26 bits per heavy atom. The van der Waals surface area contributed by atoms with Crippen LogP contribution in [-0.4, -0.2) is 60.2 Å². The average Bonchev–Trinajstić information content (AvgIpc) is 3.24. The van der Waals surface area contributed by atoms with Gasteiger partial charge in [-0.05, 0) is 41.5 Å². The molecule has 0 spiro atoms. The Balaban J connectivity index is 1.45. The van der Waals surface area contributed by atoms with Gasteiger partial charge in [-0.15, -0.1) is 5.10 Å². The van der Waals surface area contributed by atoms with Crippen molar-refractivity contribution in [3.8, 4) is 11.7 Å². The first-order valence-electron chi connectivity index (χ1n) is 8.46. The minimum Gasteiger partial charge on any atom is -0.458 e. The average molecular weight is 386 g/mol. The zero-order valence-corrected chi connectivity index (χ0v) is 15.0. The predicted molar refractivity (Wildman–Crippen MR) is 95.7 cm³/mol. The SMILES string of the molecule is O=C(c1cccc(-n2cnnn2)c1)N1CCC[C@@H](Oc2ncc(Cl)cn2)C1. The number of carbonyl (C=O) groups excluding carboxylic acids is 1. The number of hydrogen-bond acceptors (Lipinski definition) is 7. The molecule has 1 aromatic carbocycles. The summed E-state index contributed by atoms with van der Waals surface area (Å²) in [5, 5.41) is 11.5. The number of aromatic nitrogens is 6. The summed E-state index contributed by atoms with van der Waals surface area (Å²) < 4.78 is 7.31. The highest BCUT2D eigenvalue weighted by atomic mass is 35.5. The van der Waals surface area contributed by atoms with Crippen LogP contribution in [0.4, 0.5) is 0 Å². The van der Waals surface area contributed by atoms with Gasteiger partial charge in [-0.3, -0.25) is 4.79 Å². The van der Waals surface area contributed by atoms with Gasteiger partial charge in [0.2, 0.25) is 0 Å². The molecule has 4 rings (SSSR count). The molecule has 0 bridgehead atoms. The minimum atomic E-state index is -0.161. The van der Waals surface area contributed by atoms with Gasteiger partial charge in [0.15, 0.2) is 0 Å². The van der Waals surface area contributed by atoms with Crippen LogP contribution in [0, 0.1) is 0 Å². The topological polar surface area (TPSA) is 98.9 Å². The molecule has 10 heteroatoms. The van der Waals surface area contributed by atoms with E-state index in [1.807, 2.05) is 12.1 Å². The third-order valence-corrected chi connectivity index (χ3v) is 4.44. The second-order valence-electron chi connectivity index (χ2n) is 6.12. The van der Waals surface area contributed by atoms with Gasteiger partial charge in [0.1, 0.15) is 12.4 Å². The first-order valence-corrected chi connectivity index (χ1v) is 8.84. The third kappa shape index (κ3) is 4.03. The number of tetrazole rings is 1. The highest BCUT2D eigenvalue weighted by molar-refractivity contribution is 6.30. The van der Waals surface area contributed by atoms with Gasteiger partial charge < -0.3 is 9.64 Å². The van der Waals surface area contributed by atoms with E-state index in [2.05, 4.69) is 25.5 Å². The fraction of sp³-hybridized carbons (Fsp3) is 0.294. The molecule has 3 heterocycles. The van der Waals surface area contributed by atoms with Gasteiger partial charge in [-0.2, -0.15) is 0 Å². The number of carbonyl (C=O) groups is 1. The van der Waals surface area contributed by atoms with Crippen molar-refractivity contribution < 1.29 is 9.53 Å². The van der Waals surface area contributed by atoms with E-state index in [0.717, 1.165) is 18.5 Å². The lowest BCUT2D eigenvalue weighted by molar-refractivity contribution is 0.0516. The summed E-state index contributed by atoms with van der Waals surface area (Å²) in [5.41, 5.74) is 1.30. The largest absolute Gasteiger partial charge is 0.458 e. The van der Waals surface area contributed by atoms with E-state index in [0.29, 0.717) is 23.7 Å². The summed E-state index contributed by atoms with van der Waals surface area (Å²) in [6.45, 7) is 1.15. The van der Waals surface area contributed by atoms with Gasteiger partial charge in [-0.25, -0.2) is 14.6 Å². The normalized spacial score (nSPS) is 16.9. The molecule has 138 valence electrons. The molecule has 0 saturated carbocycles. The molecule has 1 saturated heterocycles. The molecule has 0 N–H and O–H groups in total. The minimum absolute atomic E-state index is 0.0600. The van der Waals surface area contributed by atoms with Crippen molar-refractivity contribution >= 4 is 17.5 Å². The third-order valence-electron chi connectivity index (χ3n) is 4.24. The van der Waals surface area contributed by atoms with E-state index in [4.69, 9.17) is 16.3 Å². The first kappa shape index (κ1) is 17.3. The highest BCUT2D eigenvalue weighted by Gasteiger charge is 2.26. The number of benzene rings is 1. The Bertz CT molecular complexity index is 917. The predicted octanol–water partition coefficient (Wildman–Crippen LogP) is 1.79. The quantitative estimate of drug-likeness (QED) is 0.675. The van der Waals surface area contributed by atoms with Crippen molar-refractivity contribution in [2.24, 2.45) is 0 Å². The van der Waals surface area contributed by atoms with Gasteiger partial charge in [0.05, 0.1) is 29.6 Å². The molecule has 1 amide bonds. The number of piperidine rings is 1. The lowest BCUT2D eigenvalue weighted by Gasteiger charge is -2.32. The molecule has 0 aliphatic carbocycles. The molecule has 1 atom stereocenters. The van der Waals surface area contributed by atoms with Crippen LogP contribution >= 0.6 is 11.6 Å². The summed E-state index contributed by atoms with van der Waals surface area (Å²) in [7, 11) is 0. The fourth-order valence-electron chi connectivity index (χ4n) is 2.97. The maximum atomic E-state index is 12.9. The van der Waals surface area contributed by atoms with Crippen molar-refractivity contribution in [1.82, 2.24) is 35.1 Å². The van der Waals surface area contributed by atoms with E-state index in [1.54, 1.807) is 17.0 Å². The maximum Gasteiger partial charge on any atom is 0.316 e.